The predicted molar refractivity (Wildman–Crippen MR) is 128 cm³/mol. The van der Waals surface area contributed by atoms with E-state index in [9.17, 15) is 8.42 Å². The largest absolute Gasteiger partial charge is 0.379 e. The standard InChI is InChI=1S/C22H29N5O3S2/c1-26(2)32(28,29)17-7-8-19-18(13-17)20-21(23-14-24-22(20)31-19)25-15-3-5-16(6-4-15)27-9-11-30-12-10-27/h7-8,13-16H,3-6,9-12H2,1-2H3,(H,23,24,25)/t15-,16-. The van der Waals surface area contributed by atoms with Crippen LogP contribution in [0.15, 0.2) is 29.4 Å². The van der Waals surface area contributed by atoms with Gasteiger partial charge >= 0.3 is 0 Å². The van der Waals surface area contributed by atoms with E-state index in [1.165, 1.54) is 17.1 Å². The van der Waals surface area contributed by atoms with Crippen molar-refractivity contribution in [3.8, 4) is 0 Å². The summed E-state index contributed by atoms with van der Waals surface area (Å²) < 4.78 is 33.1. The SMILES string of the molecule is CN(C)S(=O)(=O)c1ccc2sc3ncnc(N[C@H]4CC[C@H](N5CCOCC5)CC4)c3c2c1. The average molecular weight is 476 g/mol. The summed E-state index contributed by atoms with van der Waals surface area (Å²) in [4.78, 5) is 12.8. The maximum Gasteiger partial charge on any atom is 0.242 e. The molecule has 2 aromatic heterocycles. The highest BCUT2D eigenvalue weighted by Crippen LogP contribution is 2.38. The number of rotatable bonds is 5. The quantitative estimate of drug-likeness (QED) is 0.606. The molecule has 0 spiro atoms. The zero-order valence-corrected chi connectivity index (χ0v) is 20.1. The van der Waals surface area contributed by atoms with E-state index in [0.717, 1.165) is 65.3 Å². The first-order chi connectivity index (χ1) is 15.4. The number of hydrogen-bond donors (Lipinski definition) is 1. The third-order valence-electron chi connectivity index (χ3n) is 6.62. The Morgan fingerprint density at radius 3 is 2.59 bits per heavy atom. The van der Waals surface area contributed by atoms with Gasteiger partial charge in [-0.3, -0.25) is 4.90 Å². The van der Waals surface area contributed by atoms with Gasteiger partial charge in [0.25, 0.3) is 0 Å². The molecule has 32 heavy (non-hydrogen) atoms. The van der Waals surface area contributed by atoms with E-state index in [-0.39, 0.29) is 4.90 Å². The third kappa shape index (κ3) is 4.10. The average Bonchev–Trinajstić information content (AvgIpc) is 3.19. The molecule has 8 nitrogen and oxygen atoms in total. The number of sulfonamides is 1. The van der Waals surface area contributed by atoms with Crippen molar-refractivity contribution in [2.45, 2.75) is 42.7 Å². The van der Waals surface area contributed by atoms with E-state index in [1.54, 1.807) is 43.9 Å². The van der Waals surface area contributed by atoms with Gasteiger partial charge in [-0.15, -0.1) is 11.3 Å². The van der Waals surface area contributed by atoms with E-state index in [1.807, 2.05) is 6.07 Å². The minimum absolute atomic E-state index is 0.288. The summed E-state index contributed by atoms with van der Waals surface area (Å²) in [5, 5.41) is 5.46. The van der Waals surface area contributed by atoms with Crippen LogP contribution in [0.1, 0.15) is 25.7 Å². The molecule has 2 aliphatic rings. The topological polar surface area (TPSA) is 87.7 Å². The fraction of sp³-hybridized carbons (Fsp3) is 0.545. The molecule has 5 rings (SSSR count). The number of hydrogen-bond acceptors (Lipinski definition) is 8. The highest BCUT2D eigenvalue weighted by Gasteiger charge is 2.28. The van der Waals surface area contributed by atoms with Crippen LogP contribution in [0.3, 0.4) is 0 Å². The second kappa shape index (κ2) is 8.83. The molecule has 3 aromatic rings. The van der Waals surface area contributed by atoms with Gasteiger partial charge in [0.2, 0.25) is 10.0 Å². The van der Waals surface area contributed by atoms with Crippen molar-refractivity contribution < 1.29 is 13.2 Å². The molecule has 2 fully saturated rings. The van der Waals surface area contributed by atoms with E-state index in [2.05, 4.69) is 20.2 Å². The van der Waals surface area contributed by atoms with Crippen LogP contribution in [0, 0.1) is 0 Å². The second-order valence-corrected chi connectivity index (χ2v) is 11.9. The molecule has 0 amide bonds. The number of fused-ring (bicyclic) bond motifs is 3. The fourth-order valence-electron chi connectivity index (χ4n) is 4.79. The molecule has 1 N–H and O–H groups in total. The lowest BCUT2D eigenvalue weighted by Crippen LogP contribution is -2.46. The van der Waals surface area contributed by atoms with Gasteiger partial charge in [-0.05, 0) is 43.9 Å². The van der Waals surface area contributed by atoms with Crippen molar-refractivity contribution >= 4 is 47.5 Å². The van der Waals surface area contributed by atoms with Gasteiger partial charge in [0, 0.05) is 49.4 Å². The van der Waals surface area contributed by atoms with Gasteiger partial charge < -0.3 is 10.1 Å². The summed E-state index contributed by atoms with van der Waals surface area (Å²) in [7, 11) is -0.408. The molecule has 1 saturated heterocycles. The van der Waals surface area contributed by atoms with E-state index >= 15 is 0 Å². The Morgan fingerprint density at radius 1 is 1.12 bits per heavy atom. The third-order valence-corrected chi connectivity index (χ3v) is 9.51. The summed E-state index contributed by atoms with van der Waals surface area (Å²) in [6, 6.07) is 6.29. The molecule has 1 aromatic carbocycles. The van der Waals surface area contributed by atoms with Crippen molar-refractivity contribution in [1.82, 2.24) is 19.2 Å². The highest BCUT2D eigenvalue weighted by atomic mass is 32.2. The summed E-state index contributed by atoms with van der Waals surface area (Å²) in [5.74, 6) is 0.801. The Balaban J connectivity index is 1.40. The van der Waals surface area contributed by atoms with Crippen LogP contribution in [0.5, 0.6) is 0 Å². The van der Waals surface area contributed by atoms with Crippen LogP contribution in [0.4, 0.5) is 5.82 Å². The summed E-state index contributed by atoms with van der Waals surface area (Å²) in [5.41, 5.74) is 0. The minimum atomic E-state index is -3.51. The van der Waals surface area contributed by atoms with Gasteiger partial charge in [-0.25, -0.2) is 22.7 Å². The van der Waals surface area contributed by atoms with Crippen molar-refractivity contribution in [3.63, 3.8) is 0 Å². The molecule has 1 aliphatic heterocycles. The fourth-order valence-corrected chi connectivity index (χ4v) is 6.74. The molecule has 172 valence electrons. The Kier molecular flexibility index (Phi) is 6.06. The Hall–Kier alpha value is -1.85. The summed E-state index contributed by atoms with van der Waals surface area (Å²) in [6.07, 6.45) is 6.12. The first-order valence-electron chi connectivity index (χ1n) is 11.1. The lowest BCUT2D eigenvalue weighted by molar-refractivity contribution is 0.00791. The zero-order chi connectivity index (χ0) is 22.3. The number of aromatic nitrogens is 2. The zero-order valence-electron chi connectivity index (χ0n) is 18.5. The van der Waals surface area contributed by atoms with Gasteiger partial charge in [0.15, 0.2) is 0 Å². The molecule has 0 unspecified atom stereocenters. The van der Waals surface area contributed by atoms with Crippen LogP contribution in [-0.4, -0.2) is 80.1 Å². The van der Waals surface area contributed by atoms with Crippen LogP contribution in [-0.2, 0) is 14.8 Å². The molecular formula is C22H29N5O3S2. The van der Waals surface area contributed by atoms with Gasteiger partial charge in [-0.2, -0.15) is 0 Å². The Labute approximate surface area is 192 Å². The number of nitrogens with one attached hydrogen (secondary N) is 1. The summed E-state index contributed by atoms with van der Waals surface area (Å²) in [6.45, 7) is 3.75. The molecule has 0 radical (unpaired) electrons. The summed E-state index contributed by atoms with van der Waals surface area (Å²) >= 11 is 1.57. The predicted octanol–water partition coefficient (Wildman–Crippen LogP) is 3.15. The van der Waals surface area contributed by atoms with Crippen LogP contribution in [0.25, 0.3) is 20.3 Å². The van der Waals surface area contributed by atoms with Gasteiger partial charge in [0.1, 0.15) is 17.0 Å². The number of thiophene rings is 1. The monoisotopic (exact) mass is 475 g/mol. The maximum atomic E-state index is 12.7. The van der Waals surface area contributed by atoms with Crippen molar-refractivity contribution in [1.29, 1.82) is 0 Å². The molecular weight excluding hydrogens is 446 g/mol. The van der Waals surface area contributed by atoms with Crippen LogP contribution in [0.2, 0.25) is 0 Å². The van der Waals surface area contributed by atoms with Crippen LogP contribution < -0.4 is 5.32 Å². The molecule has 3 heterocycles. The number of ether oxygens (including phenoxy) is 1. The highest BCUT2D eigenvalue weighted by molar-refractivity contribution is 7.89. The van der Waals surface area contributed by atoms with Gasteiger partial charge in [-0.1, -0.05) is 0 Å². The lowest BCUT2D eigenvalue weighted by Gasteiger charge is -2.39. The maximum absolute atomic E-state index is 12.7. The van der Waals surface area contributed by atoms with Crippen molar-refractivity contribution in [3.05, 3.63) is 24.5 Å². The van der Waals surface area contributed by atoms with E-state index in [0.29, 0.717) is 12.1 Å². The molecule has 10 heteroatoms. The number of nitrogens with zero attached hydrogens (tertiary/aromatic N) is 4. The van der Waals surface area contributed by atoms with Gasteiger partial charge in [0.05, 0.1) is 23.5 Å². The van der Waals surface area contributed by atoms with Crippen molar-refractivity contribution in [2.75, 3.05) is 45.7 Å². The number of anilines is 1. The van der Waals surface area contributed by atoms with E-state index in [4.69, 9.17) is 4.74 Å². The lowest BCUT2D eigenvalue weighted by atomic mass is 9.90. The number of benzene rings is 1. The Morgan fingerprint density at radius 2 is 1.88 bits per heavy atom. The smallest absolute Gasteiger partial charge is 0.242 e. The van der Waals surface area contributed by atoms with Crippen molar-refractivity contribution in [2.24, 2.45) is 0 Å². The first-order valence-corrected chi connectivity index (χ1v) is 13.4. The van der Waals surface area contributed by atoms with E-state index < -0.39 is 10.0 Å². The molecule has 1 saturated carbocycles. The van der Waals surface area contributed by atoms with Crippen LogP contribution >= 0.6 is 11.3 Å². The number of morpholine rings is 1. The molecule has 0 atom stereocenters. The first kappa shape index (κ1) is 22.0. The minimum Gasteiger partial charge on any atom is -0.379 e. The Bertz CT molecular complexity index is 1210. The molecule has 0 bridgehead atoms. The molecule has 1 aliphatic carbocycles. The second-order valence-electron chi connectivity index (χ2n) is 8.75. The normalized spacial score (nSPS) is 23.2.